The van der Waals surface area contributed by atoms with Crippen molar-refractivity contribution in [3.05, 3.63) is 35.6 Å². The molecule has 1 aromatic carbocycles. The molecule has 1 rings (SSSR count). The maximum Gasteiger partial charge on any atom is 0.123 e. The van der Waals surface area contributed by atoms with Crippen molar-refractivity contribution in [2.45, 2.75) is 12.6 Å². The maximum absolute atomic E-state index is 12.6. The second kappa shape index (κ2) is 5.70. The first-order chi connectivity index (χ1) is 6.76. The predicted molar refractivity (Wildman–Crippen MR) is 55.1 cm³/mol. The van der Waals surface area contributed by atoms with Gasteiger partial charge in [-0.25, -0.2) is 4.39 Å². The van der Waals surface area contributed by atoms with Crippen LogP contribution in [0.2, 0.25) is 0 Å². The van der Waals surface area contributed by atoms with Crippen molar-refractivity contribution in [3.63, 3.8) is 0 Å². The van der Waals surface area contributed by atoms with E-state index in [2.05, 4.69) is 5.32 Å². The van der Waals surface area contributed by atoms with Crippen molar-refractivity contribution < 1.29 is 4.39 Å². The van der Waals surface area contributed by atoms with Crippen LogP contribution in [0.1, 0.15) is 5.56 Å². The van der Waals surface area contributed by atoms with Crippen LogP contribution in [0.25, 0.3) is 0 Å². The van der Waals surface area contributed by atoms with Crippen molar-refractivity contribution in [1.29, 1.82) is 0 Å². The Kier molecular flexibility index (Phi) is 4.52. The monoisotopic (exact) mass is 197 g/mol. The molecule has 0 heterocycles. The van der Waals surface area contributed by atoms with E-state index in [1.54, 1.807) is 12.1 Å². The summed E-state index contributed by atoms with van der Waals surface area (Å²) >= 11 is 0. The van der Waals surface area contributed by atoms with Crippen LogP contribution in [0, 0.1) is 5.82 Å². The fourth-order valence-corrected chi connectivity index (χ4v) is 1.13. The van der Waals surface area contributed by atoms with Gasteiger partial charge in [-0.15, -0.1) is 0 Å². The lowest BCUT2D eigenvalue weighted by Crippen LogP contribution is -2.41. The molecule has 0 unspecified atom stereocenters. The standard InChI is InChI=1S/C10H16FN3/c11-9-3-1-8(2-4-9)7-14-10(5-12)6-13/h1-4,10,14H,5-7,12-13H2. The first-order valence-corrected chi connectivity index (χ1v) is 4.64. The summed E-state index contributed by atoms with van der Waals surface area (Å²) in [5.74, 6) is -0.219. The number of nitrogens with one attached hydrogen (secondary N) is 1. The average Bonchev–Trinajstić information content (AvgIpc) is 2.22. The molecule has 0 saturated carbocycles. The third-order valence-corrected chi connectivity index (χ3v) is 2.08. The fraction of sp³-hybridized carbons (Fsp3) is 0.400. The largest absolute Gasteiger partial charge is 0.329 e. The van der Waals surface area contributed by atoms with E-state index in [1.165, 1.54) is 12.1 Å². The SMILES string of the molecule is NCC(CN)NCc1ccc(F)cc1. The highest BCUT2D eigenvalue weighted by atomic mass is 19.1. The summed E-state index contributed by atoms with van der Waals surface area (Å²) < 4.78 is 12.6. The molecule has 5 N–H and O–H groups in total. The van der Waals surface area contributed by atoms with Crippen molar-refractivity contribution >= 4 is 0 Å². The summed E-state index contributed by atoms with van der Waals surface area (Å²) in [4.78, 5) is 0. The Morgan fingerprint density at radius 3 is 2.21 bits per heavy atom. The van der Waals surface area contributed by atoms with E-state index < -0.39 is 0 Å². The first-order valence-electron chi connectivity index (χ1n) is 4.64. The number of rotatable bonds is 5. The molecule has 3 nitrogen and oxygen atoms in total. The quantitative estimate of drug-likeness (QED) is 0.632. The van der Waals surface area contributed by atoms with Gasteiger partial charge in [-0.3, -0.25) is 0 Å². The molecule has 0 aliphatic carbocycles. The molecule has 78 valence electrons. The van der Waals surface area contributed by atoms with E-state index in [0.717, 1.165) is 5.56 Å². The molecule has 1 aromatic rings. The third-order valence-electron chi connectivity index (χ3n) is 2.08. The molecule has 0 radical (unpaired) electrons. The highest BCUT2D eigenvalue weighted by Gasteiger charge is 2.02. The molecule has 0 aliphatic rings. The molecular formula is C10H16FN3. The summed E-state index contributed by atoms with van der Waals surface area (Å²) in [5.41, 5.74) is 12.0. The van der Waals surface area contributed by atoms with Crippen LogP contribution >= 0.6 is 0 Å². The molecule has 0 saturated heterocycles. The van der Waals surface area contributed by atoms with E-state index >= 15 is 0 Å². The lowest BCUT2D eigenvalue weighted by Gasteiger charge is -2.14. The van der Waals surface area contributed by atoms with Gasteiger partial charge in [-0.2, -0.15) is 0 Å². The van der Waals surface area contributed by atoms with Crippen LogP contribution < -0.4 is 16.8 Å². The van der Waals surface area contributed by atoms with Crippen LogP contribution in [0.5, 0.6) is 0 Å². The lowest BCUT2D eigenvalue weighted by molar-refractivity contribution is 0.526. The van der Waals surface area contributed by atoms with Gasteiger partial charge in [0.15, 0.2) is 0 Å². The van der Waals surface area contributed by atoms with Crippen molar-refractivity contribution in [2.75, 3.05) is 13.1 Å². The summed E-state index contributed by atoms with van der Waals surface area (Å²) in [5, 5.41) is 3.18. The molecular weight excluding hydrogens is 181 g/mol. The van der Waals surface area contributed by atoms with Gasteiger partial charge in [-0.05, 0) is 17.7 Å². The van der Waals surface area contributed by atoms with Gasteiger partial charge in [0, 0.05) is 25.7 Å². The second-order valence-electron chi connectivity index (χ2n) is 3.18. The summed E-state index contributed by atoms with van der Waals surface area (Å²) in [7, 11) is 0. The summed E-state index contributed by atoms with van der Waals surface area (Å²) in [6.45, 7) is 1.69. The highest BCUT2D eigenvalue weighted by Crippen LogP contribution is 2.02. The van der Waals surface area contributed by atoms with Gasteiger partial charge < -0.3 is 16.8 Å². The summed E-state index contributed by atoms with van der Waals surface area (Å²) in [6, 6.07) is 6.49. The van der Waals surface area contributed by atoms with Gasteiger partial charge in [0.05, 0.1) is 0 Å². The van der Waals surface area contributed by atoms with Crippen molar-refractivity contribution in [1.82, 2.24) is 5.32 Å². The fourth-order valence-electron chi connectivity index (χ4n) is 1.13. The van der Waals surface area contributed by atoms with Crippen LogP contribution in [0.4, 0.5) is 4.39 Å². The van der Waals surface area contributed by atoms with Gasteiger partial charge in [0.1, 0.15) is 5.82 Å². The Hall–Kier alpha value is -0.970. The van der Waals surface area contributed by atoms with E-state index in [1.807, 2.05) is 0 Å². The Morgan fingerprint density at radius 2 is 1.71 bits per heavy atom. The minimum absolute atomic E-state index is 0.125. The molecule has 0 atom stereocenters. The molecule has 4 heteroatoms. The Labute approximate surface area is 83.3 Å². The zero-order chi connectivity index (χ0) is 10.4. The lowest BCUT2D eigenvalue weighted by atomic mass is 10.2. The Morgan fingerprint density at radius 1 is 1.14 bits per heavy atom. The number of hydrogen-bond donors (Lipinski definition) is 3. The molecule has 0 aliphatic heterocycles. The zero-order valence-corrected chi connectivity index (χ0v) is 8.04. The molecule has 14 heavy (non-hydrogen) atoms. The van der Waals surface area contributed by atoms with E-state index in [9.17, 15) is 4.39 Å². The summed E-state index contributed by atoms with van der Waals surface area (Å²) in [6.07, 6.45) is 0. The highest BCUT2D eigenvalue weighted by molar-refractivity contribution is 5.15. The van der Waals surface area contributed by atoms with Gasteiger partial charge in [0.25, 0.3) is 0 Å². The zero-order valence-electron chi connectivity index (χ0n) is 8.04. The number of nitrogens with two attached hydrogens (primary N) is 2. The molecule has 0 spiro atoms. The first kappa shape index (κ1) is 11.1. The number of hydrogen-bond acceptors (Lipinski definition) is 3. The maximum atomic E-state index is 12.6. The Bertz CT molecular complexity index is 257. The normalized spacial score (nSPS) is 10.9. The smallest absolute Gasteiger partial charge is 0.123 e. The van der Waals surface area contributed by atoms with Gasteiger partial charge in [0.2, 0.25) is 0 Å². The average molecular weight is 197 g/mol. The minimum Gasteiger partial charge on any atom is -0.329 e. The van der Waals surface area contributed by atoms with Gasteiger partial charge >= 0.3 is 0 Å². The Balaban J connectivity index is 2.41. The third kappa shape index (κ3) is 3.41. The van der Waals surface area contributed by atoms with E-state index in [-0.39, 0.29) is 11.9 Å². The van der Waals surface area contributed by atoms with E-state index in [4.69, 9.17) is 11.5 Å². The molecule has 0 aromatic heterocycles. The second-order valence-corrected chi connectivity index (χ2v) is 3.18. The van der Waals surface area contributed by atoms with Gasteiger partial charge in [-0.1, -0.05) is 12.1 Å². The van der Waals surface area contributed by atoms with Crippen LogP contribution in [-0.2, 0) is 6.54 Å². The predicted octanol–water partition coefficient (Wildman–Crippen LogP) is 0.201. The molecule has 0 fully saturated rings. The van der Waals surface area contributed by atoms with Crippen molar-refractivity contribution in [2.24, 2.45) is 11.5 Å². The van der Waals surface area contributed by atoms with Crippen molar-refractivity contribution in [3.8, 4) is 0 Å². The topological polar surface area (TPSA) is 64.1 Å². The number of benzene rings is 1. The minimum atomic E-state index is -0.219. The van der Waals surface area contributed by atoms with Crippen LogP contribution in [0.15, 0.2) is 24.3 Å². The van der Waals surface area contributed by atoms with E-state index in [0.29, 0.717) is 19.6 Å². The number of halogens is 1. The molecule has 0 amide bonds. The molecule has 0 bridgehead atoms. The van der Waals surface area contributed by atoms with Crippen LogP contribution in [0.3, 0.4) is 0 Å². The van der Waals surface area contributed by atoms with Crippen LogP contribution in [-0.4, -0.2) is 19.1 Å².